The van der Waals surface area contributed by atoms with Crippen molar-refractivity contribution in [2.45, 2.75) is 6.54 Å². The van der Waals surface area contributed by atoms with Crippen molar-refractivity contribution in [2.75, 3.05) is 0 Å². The first-order valence-electron chi connectivity index (χ1n) is 8.03. The second-order valence-electron chi connectivity index (χ2n) is 5.93. The molecule has 0 saturated carbocycles. The van der Waals surface area contributed by atoms with E-state index in [9.17, 15) is 14.7 Å². The summed E-state index contributed by atoms with van der Waals surface area (Å²) in [5, 5.41) is 11.0. The molecule has 0 amide bonds. The summed E-state index contributed by atoms with van der Waals surface area (Å²) in [5.74, 6) is -0.614. The fraction of sp³-hybridized carbons (Fsp3) is 0.0526. The highest BCUT2D eigenvalue weighted by atomic mass is 35.5. The van der Waals surface area contributed by atoms with E-state index in [1.807, 2.05) is 6.07 Å². The van der Waals surface area contributed by atoms with Gasteiger partial charge in [0.1, 0.15) is 6.33 Å². The maximum absolute atomic E-state index is 12.8. The second-order valence-corrected chi connectivity index (χ2v) is 6.37. The Morgan fingerprint density at radius 1 is 1.14 bits per heavy atom. The number of aromatic nitrogens is 4. The largest absolute Gasteiger partial charge is 0.503 e. The van der Waals surface area contributed by atoms with Crippen LogP contribution in [0, 0.1) is 0 Å². The third-order valence-electron chi connectivity index (χ3n) is 4.18. The molecule has 1 N–H and O–H groups in total. The minimum atomic E-state index is -0.661. The van der Waals surface area contributed by atoms with Crippen LogP contribution in [0.25, 0.3) is 16.8 Å². The molecule has 0 fully saturated rings. The number of aromatic hydroxyl groups is 1. The number of benzene rings is 1. The number of hydrogen-bond acceptors (Lipinski definition) is 5. The molecule has 3 aromatic heterocycles. The van der Waals surface area contributed by atoms with Crippen molar-refractivity contribution >= 4 is 29.5 Å². The van der Waals surface area contributed by atoms with E-state index >= 15 is 0 Å². The first-order valence-corrected chi connectivity index (χ1v) is 8.40. The molecule has 0 atom stereocenters. The molecule has 142 valence electrons. The van der Waals surface area contributed by atoms with Gasteiger partial charge < -0.3 is 14.1 Å². The molecule has 0 bridgehead atoms. The molecule has 0 aliphatic heterocycles. The van der Waals surface area contributed by atoms with Gasteiger partial charge in [-0.3, -0.25) is 9.59 Å². The van der Waals surface area contributed by atoms with Gasteiger partial charge in [-0.15, -0.1) is 12.4 Å². The van der Waals surface area contributed by atoms with Crippen molar-refractivity contribution < 1.29 is 5.11 Å². The Bertz CT molecular complexity index is 1270. The quantitative estimate of drug-likeness (QED) is 0.554. The van der Waals surface area contributed by atoms with E-state index < -0.39 is 16.7 Å². The van der Waals surface area contributed by atoms with Crippen LogP contribution in [0.2, 0.25) is 5.02 Å². The molecule has 0 aliphatic carbocycles. The summed E-state index contributed by atoms with van der Waals surface area (Å²) in [6, 6.07) is 8.69. The number of pyridine rings is 1. The van der Waals surface area contributed by atoms with Crippen molar-refractivity contribution in [3.8, 4) is 17.0 Å². The highest BCUT2D eigenvalue weighted by Crippen LogP contribution is 2.18. The standard InChI is InChI=1S/C19H13ClN4O3.ClH/c20-13-3-1-2-12(8-13)9-24-7-6-23-10-14(15-4-5-21-11-22-15)17(25)18(26)16(23)19(24)27;/h1-8,10-11,26H,9H2;1H. The first-order chi connectivity index (χ1) is 13.0. The van der Waals surface area contributed by atoms with Gasteiger partial charge in [-0.05, 0) is 23.8 Å². The van der Waals surface area contributed by atoms with Gasteiger partial charge in [0.05, 0.1) is 17.8 Å². The summed E-state index contributed by atoms with van der Waals surface area (Å²) in [4.78, 5) is 33.2. The lowest BCUT2D eigenvalue weighted by Crippen LogP contribution is -2.24. The Morgan fingerprint density at radius 3 is 2.68 bits per heavy atom. The molecular formula is C19H14Cl2N4O3. The van der Waals surface area contributed by atoms with E-state index in [-0.39, 0.29) is 30.0 Å². The van der Waals surface area contributed by atoms with E-state index in [0.717, 1.165) is 5.56 Å². The highest BCUT2D eigenvalue weighted by molar-refractivity contribution is 6.30. The minimum Gasteiger partial charge on any atom is -0.503 e. The zero-order chi connectivity index (χ0) is 19.0. The third-order valence-corrected chi connectivity index (χ3v) is 4.42. The molecule has 7 nitrogen and oxygen atoms in total. The van der Waals surface area contributed by atoms with E-state index in [1.54, 1.807) is 36.7 Å². The predicted octanol–water partition coefficient (Wildman–Crippen LogP) is 2.75. The van der Waals surface area contributed by atoms with Crippen molar-refractivity contribution in [1.29, 1.82) is 0 Å². The smallest absolute Gasteiger partial charge is 0.279 e. The van der Waals surface area contributed by atoms with Crippen molar-refractivity contribution in [3.05, 3.63) is 92.6 Å². The van der Waals surface area contributed by atoms with Crippen LogP contribution in [-0.4, -0.2) is 24.0 Å². The Labute approximate surface area is 169 Å². The van der Waals surface area contributed by atoms with E-state index in [0.29, 0.717) is 10.7 Å². The van der Waals surface area contributed by atoms with E-state index in [1.165, 1.54) is 27.7 Å². The van der Waals surface area contributed by atoms with Crippen LogP contribution in [-0.2, 0) is 6.54 Å². The van der Waals surface area contributed by atoms with Gasteiger partial charge in [0.25, 0.3) is 5.56 Å². The third kappa shape index (κ3) is 3.49. The maximum atomic E-state index is 12.8. The monoisotopic (exact) mass is 416 g/mol. The van der Waals surface area contributed by atoms with Crippen LogP contribution in [0.3, 0.4) is 0 Å². The van der Waals surface area contributed by atoms with Gasteiger partial charge >= 0.3 is 0 Å². The normalized spacial score (nSPS) is 10.6. The lowest BCUT2D eigenvalue weighted by Gasteiger charge is -2.11. The summed E-state index contributed by atoms with van der Waals surface area (Å²) < 4.78 is 2.83. The number of halogens is 2. The van der Waals surface area contributed by atoms with Crippen molar-refractivity contribution in [3.63, 3.8) is 0 Å². The minimum absolute atomic E-state index is 0. The molecule has 4 rings (SSSR count). The fourth-order valence-electron chi connectivity index (χ4n) is 2.89. The lowest BCUT2D eigenvalue weighted by molar-refractivity contribution is 0.472. The molecule has 1 aromatic carbocycles. The fourth-order valence-corrected chi connectivity index (χ4v) is 3.11. The summed E-state index contributed by atoms with van der Waals surface area (Å²) in [6.45, 7) is 0.261. The van der Waals surface area contributed by atoms with E-state index in [2.05, 4.69) is 9.97 Å². The second kappa shape index (κ2) is 7.84. The van der Waals surface area contributed by atoms with Crippen molar-refractivity contribution in [1.82, 2.24) is 18.9 Å². The molecule has 4 aromatic rings. The summed E-state index contributed by atoms with van der Waals surface area (Å²) in [5.41, 5.74) is 0.130. The molecule has 0 spiro atoms. The van der Waals surface area contributed by atoms with E-state index in [4.69, 9.17) is 11.6 Å². The van der Waals surface area contributed by atoms with Crippen LogP contribution in [0.4, 0.5) is 0 Å². The maximum Gasteiger partial charge on any atom is 0.279 e. The lowest BCUT2D eigenvalue weighted by atomic mass is 10.1. The molecule has 0 aliphatic rings. The molecule has 3 heterocycles. The molecule has 0 saturated heterocycles. The summed E-state index contributed by atoms with van der Waals surface area (Å²) >= 11 is 5.98. The van der Waals surface area contributed by atoms with Gasteiger partial charge in [0.15, 0.2) is 11.3 Å². The van der Waals surface area contributed by atoms with Crippen LogP contribution >= 0.6 is 24.0 Å². The van der Waals surface area contributed by atoms with Crippen LogP contribution in [0.5, 0.6) is 5.75 Å². The number of rotatable bonds is 3. The molecule has 28 heavy (non-hydrogen) atoms. The summed E-state index contributed by atoms with van der Waals surface area (Å²) in [7, 11) is 0. The van der Waals surface area contributed by atoms with Crippen LogP contribution < -0.4 is 11.0 Å². The van der Waals surface area contributed by atoms with Crippen LogP contribution in [0.1, 0.15) is 5.56 Å². The van der Waals surface area contributed by atoms with Crippen LogP contribution in [0.15, 0.2) is 71.0 Å². The molecule has 0 radical (unpaired) electrons. The topological polar surface area (TPSA) is 89.5 Å². The SMILES string of the molecule is Cl.O=c1c(-c2ccncn2)cn2ccn(Cc3cccc(Cl)c3)c(=O)c2c1O. The molecular weight excluding hydrogens is 403 g/mol. The van der Waals surface area contributed by atoms with Gasteiger partial charge in [-0.1, -0.05) is 23.7 Å². The predicted molar refractivity (Wildman–Crippen MR) is 108 cm³/mol. The van der Waals surface area contributed by atoms with Gasteiger partial charge in [-0.2, -0.15) is 0 Å². The zero-order valence-corrected chi connectivity index (χ0v) is 15.9. The number of hydrogen-bond donors (Lipinski definition) is 1. The summed E-state index contributed by atoms with van der Waals surface area (Å²) in [6.07, 6.45) is 7.47. The van der Waals surface area contributed by atoms with Gasteiger partial charge in [0, 0.05) is 29.8 Å². The Morgan fingerprint density at radius 2 is 1.96 bits per heavy atom. The average Bonchev–Trinajstić information content (AvgIpc) is 2.67. The van der Waals surface area contributed by atoms with Gasteiger partial charge in [-0.25, -0.2) is 9.97 Å². The highest BCUT2D eigenvalue weighted by Gasteiger charge is 2.16. The molecule has 9 heteroatoms. The molecule has 0 unspecified atom stereocenters. The van der Waals surface area contributed by atoms with Gasteiger partial charge in [0.2, 0.25) is 5.43 Å². The Kier molecular flexibility index (Phi) is 5.48. The Hall–Kier alpha value is -3.16. The number of nitrogens with zero attached hydrogens (tertiary/aromatic N) is 4. The average molecular weight is 417 g/mol. The zero-order valence-electron chi connectivity index (χ0n) is 14.3. The first kappa shape index (κ1) is 19.6. The van der Waals surface area contributed by atoms with Crippen molar-refractivity contribution in [2.24, 2.45) is 0 Å². The number of fused-ring (bicyclic) bond motifs is 1. The Balaban J connectivity index is 0.00000225.